The maximum absolute atomic E-state index is 9.81. The van der Waals surface area contributed by atoms with Crippen LogP contribution in [0.25, 0.3) is 10.9 Å². The minimum absolute atomic E-state index is 0.00764. The molecular formula is C12H15NO2. The first-order chi connectivity index (χ1) is 7.15. The fourth-order valence-electron chi connectivity index (χ4n) is 2.03. The molecule has 2 aromatic rings. The number of nitrogens with zero attached hydrogens (tertiary/aromatic N) is 1. The Hall–Kier alpha value is -1.48. The lowest BCUT2D eigenvalue weighted by Gasteiger charge is -2.13. The lowest BCUT2D eigenvalue weighted by atomic mass is 10.2. The fourth-order valence-corrected chi connectivity index (χ4v) is 2.03. The van der Waals surface area contributed by atoms with Crippen LogP contribution < -0.4 is 0 Å². The van der Waals surface area contributed by atoms with Crippen molar-refractivity contribution in [1.29, 1.82) is 0 Å². The Balaban J connectivity index is 2.82. The Morgan fingerprint density at radius 3 is 2.67 bits per heavy atom. The molecular weight excluding hydrogens is 190 g/mol. The van der Waals surface area contributed by atoms with E-state index in [1.54, 1.807) is 6.07 Å². The molecule has 0 unspecified atom stereocenters. The van der Waals surface area contributed by atoms with Crippen LogP contribution in [0.15, 0.2) is 24.3 Å². The Kier molecular flexibility index (Phi) is 2.40. The Morgan fingerprint density at radius 2 is 2.07 bits per heavy atom. The van der Waals surface area contributed by atoms with E-state index in [9.17, 15) is 10.2 Å². The van der Waals surface area contributed by atoms with Crippen molar-refractivity contribution in [2.75, 3.05) is 0 Å². The number of aromatic nitrogens is 1. The summed E-state index contributed by atoms with van der Waals surface area (Å²) in [5, 5.41) is 20.0. The Morgan fingerprint density at radius 1 is 1.33 bits per heavy atom. The predicted octanol–water partition coefficient (Wildman–Crippen LogP) is 2.42. The van der Waals surface area contributed by atoms with E-state index >= 15 is 0 Å². The SMILES string of the molecule is CC(C)n1c(CO)cc2cccc(O)c21. The summed E-state index contributed by atoms with van der Waals surface area (Å²) in [6.07, 6.45) is 0. The van der Waals surface area contributed by atoms with Crippen LogP contribution in [0.4, 0.5) is 0 Å². The minimum Gasteiger partial charge on any atom is -0.506 e. The lowest BCUT2D eigenvalue weighted by molar-refractivity contribution is 0.269. The molecule has 0 atom stereocenters. The predicted molar refractivity (Wildman–Crippen MR) is 59.9 cm³/mol. The summed E-state index contributed by atoms with van der Waals surface area (Å²) in [6, 6.07) is 7.55. The number of benzene rings is 1. The molecule has 3 nitrogen and oxygen atoms in total. The zero-order valence-electron chi connectivity index (χ0n) is 8.94. The number of hydrogen-bond donors (Lipinski definition) is 2. The zero-order chi connectivity index (χ0) is 11.0. The van der Waals surface area contributed by atoms with Crippen molar-refractivity contribution in [3.05, 3.63) is 30.0 Å². The van der Waals surface area contributed by atoms with E-state index in [0.717, 1.165) is 16.6 Å². The first-order valence-corrected chi connectivity index (χ1v) is 5.07. The molecule has 0 aliphatic rings. The molecule has 1 aromatic carbocycles. The van der Waals surface area contributed by atoms with Crippen LogP contribution in [0.3, 0.4) is 0 Å². The highest BCUT2D eigenvalue weighted by atomic mass is 16.3. The maximum atomic E-state index is 9.81. The third kappa shape index (κ3) is 1.49. The lowest BCUT2D eigenvalue weighted by Crippen LogP contribution is -2.05. The summed E-state index contributed by atoms with van der Waals surface area (Å²) in [5.41, 5.74) is 1.64. The summed E-state index contributed by atoms with van der Waals surface area (Å²) in [4.78, 5) is 0. The van der Waals surface area contributed by atoms with Crippen molar-refractivity contribution in [3.63, 3.8) is 0 Å². The molecule has 0 aliphatic carbocycles. The van der Waals surface area contributed by atoms with Gasteiger partial charge >= 0.3 is 0 Å². The van der Waals surface area contributed by atoms with Crippen LogP contribution in [0, 0.1) is 0 Å². The molecule has 0 spiro atoms. The van der Waals surface area contributed by atoms with E-state index in [-0.39, 0.29) is 18.4 Å². The molecule has 15 heavy (non-hydrogen) atoms. The second-order valence-corrected chi connectivity index (χ2v) is 3.97. The molecule has 80 valence electrons. The Labute approximate surface area is 88.6 Å². The number of phenols is 1. The van der Waals surface area contributed by atoms with Gasteiger partial charge in [-0.15, -0.1) is 0 Å². The first kappa shape index (κ1) is 10.1. The van der Waals surface area contributed by atoms with Gasteiger partial charge in [0.05, 0.1) is 12.1 Å². The number of para-hydroxylation sites is 1. The van der Waals surface area contributed by atoms with E-state index < -0.39 is 0 Å². The third-order valence-electron chi connectivity index (χ3n) is 2.60. The van der Waals surface area contributed by atoms with Gasteiger partial charge in [0, 0.05) is 17.1 Å². The van der Waals surface area contributed by atoms with Gasteiger partial charge in [0.25, 0.3) is 0 Å². The van der Waals surface area contributed by atoms with Gasteiger partial charge < -0.3 is 14.8 Å². The molecule has 0 saturated carbocycles. The summed E-state index contributed by atoms with van der Waals surface area (Å²) in [5.74, 6) is 0.265. The van der Waals surface area contributed by atoms with Crippen molar-refractivity contribution >= 4 is 10.9 Å². The van der Waals surface area contributed by atoms with Crippen molar-refractivity contribution in [3.8, 4) is 5.75 Å². The molecule has 0 aliphatic heterocycles. The van der Waals surface area contributed by atoms with Gasteiger partial charge in [0.2, 0.25) is 0 Å². The van der Waals surface area contributed by atoms with Crippen LogP contribution in [0.2, 0.25) is 0 Å². The normalized spacial score (nSPS) is 11.5. The molecule has 1 aromatic heterocycles. The fraction of sp³-hybridized carbons (Fsp3) is 0.333. The number of aromatic hydroxyl groups is 1. The first-order valence-electron chi connectivity index (χ1n) is 5.07. The number of rotatable bonds is 2. The Bertz CT molecular complexity index is 486. The van der Waals surface area contributed by atoms with Gasteiger partial charge in [0.1, 0.15) is 5.75 Å². The molecule has 1 heterocycles. The third-order valence-corrected chi connectivity index (χ3v) is 2.60. The molecule has 0 radical (unpaired) electrons. The average Bonchev–Trinajstić information content (AvgIpc) is 2.57. The van der Waals surface area contributed by atoms with Gasteiger partial charge in [0.15, 0.2) is 0 Å². The van der Waals surface area contributed by atoms with Crippen LogP contribution in [0.5, 0.6) is 5.75 Å². The average molecular weight is 205 g/mol. The van der Waals surface area contributed by atoms with Gasteiger partial charge in [-0.1, -0.05) is 12.1 Å². The van der Waals surface area contributed by atoms with Crippen molar-refractivity contribution in [1.82, 2.24) is 4.57 Å². The number of fused-ring (bicyclic) bond motifs is 1. The maximum Gasteiger partial charge on any atom is 0.139 e. The van der Waals surface area contributed by atoms with Crippen LogP contribution in [-0.4, -0.2) is 14.8 Å². The molecule has 2 N–H and O–H groups in total. The topological polar surface area (TPSA) is 45.4 Å². The van der Waals surface area contributed by atoms with Crippen molar-refractivity contribution in [2.24, 2.45) is 0 Å². The van der Waals surface area contributed by atoms with Crippen LogP contribution >= 0.6 is 0 Å². The minimum atomic E-state index is -0.00764. The molecule has 0 saturated heterocycles. The van der Waals surface area contributed by atoms with Crippen molar-refractivity contribution < 1.29 is 10.2 Å². The number of hydrogen-bond acceptors (Lipinski definition) is 2. The van der Waals surface area contributed by atoms with Crippen molar-refractivity contribution in [2.45, 2.75) is 26.5 Å². The van der Waals surface area contributed by atoms with E-state index in [4.69, 9.17) is 0 Å². The van der Waals surface area contributed by atoms with Crippen LogP contribution in [0.1, 0.15) is 25.6 Å². The van der Waals surface area contributed by atoms with Crippen LogP contribution in [-0.2, 0) is 6.61 Å². The molecule has 2 rings (SSSR count). The van der Waals surface area contributed by atoms with Gasteiger partial charge in [-0.3, -0.25) is 0 Å². The van der Waals surface area contributed by atoms with E-state index in [1.165, 1.54) is 0 Å². The highest BCUT2D eigenvalue weighted by Gasteiger charge is 2.13. The standard InChI is InChI=1S/C12H15NO2/c1-8(2)13-10(7-14)6-9-4-3-5-11(15)12(9)13/h3-6,8,14-15H,7H2,1-2H3. The highest BCUT2D eigenvalue weighted by Crippen LogP contribution is 2.30. The monoisotopic (exact) mass is 205 g/mol. The van der Waals surface area contributed by atoms with Gasteiger partial charge in [-0.05, 0) is 26.0 Å². The van der Waals surface area contributed by atoms with E-state index in [2.05, 4.69) is 0 Å². The second-order valence-electron chi connectivity index (χ2n) is 3.97. The summed E-state index contributed by atoms with van der Waals surface area (Å²) in [7, 11) is 0. The number of aliphatic hydroxyl groups excluding tert-OH is 1. The molecule has 0 bridgehead atoms. The number of aliphatic hydroxyl groups is 1. The molecule has 0 fully saturated rings. The smallest absolute Gasteiger partial charge is 0.139 e. The van der Waals surface area contributed by atoms with Gasteiger partial charge in [-0.2, -0.15) is 0 Å². The largest absolute Gasteiger partial charge is 0.506 e. The molecule has 0 amide bonds. The second kappa shape index (κ2) is 3.59. The van der Waals surface area contributed by atoms with Gasteiger partial charge in [-0.25, -0.2) is 0 Å². The van der Waals surface area contributed by atoms with E-state index in [0.29, 0.717) is 0 Å². The zero-order valence-corrected chi connectivity index (χ0v) is 8.94. The summed E-state index contributed by atoms with van der Waals surface area (Å²) >= 11 is 0. The highest BCUT2D eigenvalue weighted by molar-refractivity contribution is 5.86. The number of phenolic OH excluding ortho intramolecular Hbond substituents is 1. The van der Waals surface area contributed by atoms with E-state index in [1.807, 2.05) is 36.6 Å². The molecule has 3 heteroatoms. The quantitative estimate of drug-likeness (QED) is 0.790. The summed E-state index contributed by atoms with van der Waals surface area (Å²) in [6.45, 7) is 4.06. The summed E-state index contributed by atoms with van der Waals surface area (Å²) < 4.78 is 1.96.